The molecule has 0 radical (unpaired) electrons. The number of amides is 1. The summed E-state index contributed by atoms with van der Waals surface area (Å²) < 4.78 is 6.91. The number of hydrogen-bond acceptors (Lipinski definition) is 5. The lowest BCUT2D eigenvalue weighted by Gasteiger charge is -2.22. The van der Waals surface area contributed by atoms with E-state index in [1.54, 1.807) is 4.90 Å². The summed E-state index contributed by atoms with van der Waals surface area (Å²) in [5.41, 5.74) is 3.42. The Balaban J connectivity index is 1.67. The Morgan fingerprint density at radius 1 is 1.16 bits per heavy atom. The smallest absolute Gasteiger partial charge is 0.263 e. The van der Waals surface area contributed by atoms with E-state index in [1.807, 2.05) is 74.7 Å². The maximum atomic E-state index is 13.3. The van der Waals surface area contributed by atoms with E-state index in [9.17, 15) is 9.59 Å². The number of aromatic nitrogens is 2. The zero-order valence-electron chi connectivity index (χ0n) is 18.4. The third-order valence-corrected chi connectivity index (χ3v) is 6.16. The van der Waals surface area contributed by atoms with E-state index in [0.717, 1.165) is 28.1 Å². The summed E-state index contributed by atoms with van der Waals surface area (Å²) >= 11 is 1.42. The minimum atomic E-state index is -0.214. The first-order valence-electron chi connectivity index (χ1n) is 10.6. The van der Waals surface area contributed by atoms with Crippen LogP contribution in [-0.2, 0) is 11.3 Å². The Bertz CT molecular complexity index is 1310. The molecule has 7 heteroatoms. The molecule has 0 aliphatic rings. The highest BCUT2D eigenvalue weighted by molar-refractivity contribution is 7.17. The number of likely N-dealkylation sites (N-methyl/N-ethyl adjacent to an activating group) is 1. The minimum Gasteiger partial charge on any atom is -0.494 e. The number of ether oxygens (including phenoxy) is 1. The molecule has 164 valence electrons. The number of benzene rings is 2. The standard InChI is InChI=1S/C25H25N3O3S/c1-4-28(19-8-6-7-17(3)13-19)22(29)14-27-16-26-24-23(25(27)30)21(15-32-24)18-9-11-20(12-10-18)31-5-2/h6-13,15-16H,4-5,14H2,1-3H3. The molecule has 32 heavy (non-hydrogen) atoms. The SMILES string of the molecule is CCOc1ccc(-c2csc3ncn(CC(=O)N(CC)c4cccc(C)c4)c(=O)c23)cc1. The van der Waals surface area contributed by atoms with Gasteiger partial charge in [-0.25, -0.2) is 4.98 Å². The number of hydrogen-bond donors (Lipinski definition) is 0. The molecule has 0 fully saturated rings. The summed E-state index contributed by atoms with van der Waals surface area (Å²) in [6, 6.07) is 15.4. The van der Waals surface area contributed by atoms with Gasteiger partial charge in [0.1, 0.15) is 17.1 Å². The van der Waals surface area contributed by atoms with E-state index < -0.39 is 0 Å². The summed E-state index contributed by atoms with van der Waals surface area (Å²) in [5.74, 6) is 0.631. The second-order valence-corrected chi connectivity index (χ2v) is 8.30. The average Bonchev–Trinajstić information content (AvgIpc) is 3.22. The lowest BCUT2D eigenvalue weighted by Crippen LogP contribution is -2.36. The largest absolute Gasteiger partial charge is 0.494 e. The highest BCUT2D eigenvalue weighted by atomic mass is 32.1. The first-order valence-corrected chi connectivity index (χ1v) is 11.5. The summed E-state index contributed by atoms with van der Waals surface area (Å²) in [6.07, 6.45) is 1.46. The van der Waals surface area contributed by atoms with Crippen LogP contribution in [0.15, 0.2) is 65.0 Å². The van der Waals surface area contributed by atoms with Crippen LogP contribution in [0.25, 0.3) is 21.3 Å². The van der Waals surface area contributed by atoms with E-state index in [-0.39, 0.29) is 18.0 Å². The molecule has 0 saturated carbocycles. The van der Waals surface area contributed by atoms with Gasteiger partial charge in [0.15, 0.2) is 0 Å². The zero-order valence-corrected chi connectivity index (χ0v) is 19.2. The molecule has 6 nitrogen and oxygen atoms in total. The fraction of sp³-hybridized carbons (Fsp3) is 0.240. The Morgan fingerprint density at radius 3 is 2.62 bits per heavy atom. The first kappa shape index (κ1) is 21.8. The molecule has 0 aliphatic carbocycles. The summed E-state index contributed by atoms with van der Waals surface area (Å²) in [4.78, 5) is 33.2. The highest BCUT2D eigenvalue weighted by Gasteiger charge is 2.18. The number of rotatable bonds is 7. The van der Waals surface area contributed by atoms with Crippen molar-refractivity contribution in [3.63, 3.8) is 0 Å². The number of carbonyl (C=O) groups is 1. The molecule has 2 aromatic carbocycles. The van der Waals surface area contributed by atoms with Crippen LogP contribution in [0, 0.1) is 6.92 Å². The van der Waals surface area contributed by atoms with Gasteiger partial charge < -0.3 is 9.64 Å². The number of nitrogens with zero attached hydrogens (tertiary/aromatic N) is 3. The van der Waals surface area contributed by atoms with E-state index >= 15 is 0 Å². The van der Waals surface area contributed by atoms with Gasteiger partial charge in [0.05, 0.1) is 18.3 Å². The Kier molecular flexibility index (Phi) is 6.37. The van der Waals surface area contributed by atoms with Gasteiger partial charge in [-0.1, -0.05) is 24.3 Å². The third-order valence-electron chi connectivity index (χ3n) is 5.27. The molecule has 2 aromatic heterocycles. The fourth-order valence-corrected chi connectivity index (χ4v) is 4.63. The van der Waals surface area contributed by atoms with Gasteiger partial charge in [-0.05, 0) is 56.2 Å². The van der Waals surface area contributed by atoms with E-state index in [1.165, 1.54) is 22.2 Å². The Hall–Kier alpha value is -3.45. The van der Waals surface area contributed by atoms with Gasteiger partial charge in [0.2, 0.25) is 5.91 Å². The van der Waals surface area contributed by atoms with Gasteiger partial charge >= 0.3 is 0 Å². The molecule has 0 spiro atoms. The molecular formula is C25H25N3O3S. The summed E-state index contributed by atoms with van der Waals surface area (Å²) in [6.45, 7) is 6.90. The number of anilines is 1. The van der Waals surface area contributed by atoms with Crippen molar-refractivity contribution in [3.05, 3.63) is 76.2 Å². The van der Waals surface area contributed by atoms with Crippen molar-refractivity contribution >= 4 is 33.1 Å². The predicted molar refractivity (Wildman–Crippen MR) is 130 cm³/mol. The summed E-state index contributed by atoms with van der Waals surface area (Å²) in [5, 5.41) is 2.47. The van der Waals surface area contributed by atoms with Crippen LogP contribution in [0.5, 0.6) is 5.75 Å². The maximum absolute atomic E-state index is 13.3. The molecule has 0 N–H and O–H groups in total. The molecule has 4 aromatic rings. The van der Waals surface area contributed by atoms with Crippen molar-refractivity contribution in [1.29, 1.82) is 0 Å². The minimum absolute atomic E-state index is 0.0673. The lowest BCUT2D eigenvalue weighted by atomic mass is 10.1. The summed E-state index contributed by atoms with van der Waals surface area (Å²) in [7, 11) is 0. The molecule has 0 aliphatic heterocycles. The highest BCUT2D eigenvalue weighted by Crippen LogP contribution is 2.31. The van der Waals surface area contributed by atoms with Crippen LogP contribution in [0.2, 0.25) is 0 Å². The third kappa shape index (κ3) is 4.29. The van der Waals surface area contributed by atoms with Gasteiger partial charge in [0.25, 0.3) is 5.56 Å². The van der Waals surface area contributed by atoms with E-state index in [4.69, 9.17) is 4.74 Å². The van der Waals surface area contributed by atoms with Crippen LogP contribution in [0.1, 0.15) is 19.4 Å². The van der Waals surface area contributed by atoms with Gasteiger partial charge in [0, 0.05) is 23.2 Å². The van der Waals surface area contributed by atoms with Crippen molar-refractivity contribution in [1.82, 2.24) is 9.55 Å². The van der Waals surface area contributed by atoms with E-state index in [0.29, 0.717) is 23.4 Å². The molecule has 0 unspecified atom stereocenters. The normalized spacial score (nSPS) is 11.0. The van der Waals surface area contributed by atoms with Gasteiger partial charge in [-0.3, -0.25) is 14.2 Å². The van der Waals surface area contributed by atoms with Crippen LogP contribution in [0.3, 0.4) is 0 Å². The quantitative estimate of drug-likeness (QED) is 0.405. The number of aryl methyl sites for hydroxylation is 1. The molecule has 0 saturated heterocycles. The number of thiophene rings is 1. The van der Waals surface area contributed by atoms with E-state index in [2.05, 4.69) is 4.98 Å². The molecular weight excluding hydrogens is 422 g/mol. The molecule has 2 heterocycles. The first-order chi connectivity index (χ1) is 15.5. The fourth-order valence-electron chi connectivity index (χ4n) is 3.72. The topological polar surface area (TPSA) is 64.4 Å². The van der Waals surface area contributed by atoms with Crippen LogP contribution in [-0.4, -0.2) is 28.6 Å². The van der Waals surface area contributed by atoms with Crippen molar-refractivity contribution in [2.45, 2.75) is 27.3 Å². The molecule has 1 amide bonds. The monoisotopic (exact) mass is 447 g/mol. The molecule has 4 rings (SSSR count). The number of carbonyl (C=O) groups excluding carboxylic acids is 1. The lowest BCUT2D eigenvalue weighted by molar-refractivity contribution is -0.119. The number of fused-ring (bicyclic) bond motifs is 1. The second-order valence-electron chi connectivity index (χ2n) is 7.44. The van der Waals surface area contributed by atoms with Gasteiger partial charge in [-0.2, -0.15) is 0 Å². The van der Waals surface area contributed by atoms with Crippen molar-refractivity contribution in [2.75, 3.05) is 18.1 Å². The van der Waals surface area contributed by atoms with Crippen LogP contribution >= 0.6 is 11.3 Å². The second kappa shape index (κ2) is 9.36. The maximum Gasteiger partial charge on any atom is 0.263 e. The van der Waals surface area contributed by atoms with Crippen molar-refractivity contribution in [3.8, 4) is 16.9 Å². The van der Waals surface area contributed by atoms with Crippen molar-refractivity contribution < 1.29 is 9.53 Å². The van der Waals surface area contributed by atoms with Crippen LogP contribution in [0.4, 0.5) is 5.69 Å². The van der Waals surface area contributed by atoms with Crippen LogP contribution < -0.4 is 15.2 Å². The predicted octanol–water partition coefficient (Wildman–Crippen LogP) is 4.89. The molecule has 0 atom stereocenters. The average molecular weight is 448 g/mol. The van der Waals surface area contributed by atoms with Crippen molar-refractivity contribution in [2.24, 2.45) is 0 Å². The molecule has 0 bridgehead atoms. The Labute approximate surface area is 190 Å². The van der Waals surface area contributed by atoms with Gasteiger partial charge in [-0.15, -0.1) is 11.3 Å². The Morgan fingerprint density at radius 2 is 1.94 bits per heavy atom. The zero-order chi connectivity index (χ0) is 22.7.